The lowest BCUT2D eigenvalue weighted by Crippen LogP contribution is -2.33. The average Bonchev–Trinajstić information content (AvgIpc) is 2.87. The Morgan fingerprint density at radius 1 is 0.963 bits per heavy atom. The fourth-order valence-corrected chi connectivity index (χ4v) is 3.44. The van der Waals surface area contributed by atoms with E-state index in [1.807, 2.05) is 0 Å². The molecule has 8 nitrogen and oxygen atoms in total. The van der Waals surface area contributed by atoms with Crippen molar-refractivity contribution in [3.05, 3.63) is 65.2 Å². The van der Waals surface area contributed by atoms with E-state index >= 15 is 0 Å². The van der Waals surface area contributed by atoms with E-state index in [2.05, 4.69) is 0 Å². The van der Waals surface area contributed by atoms with Gasteiger partial charge in [-0.2, -0.15) is 0 Å². The van der Waals surface area contributed by atoms with Gasteiger partial charge in [0, 0.05) is 14.1 Å². The molecule has 2 aromatic rings. The van der Waals surface area contributed by atoms with Crippen molar-refractivity contribution in [3.63, 3.8) is 0 Å². The third-order valence-electron chi connectivity index (χ3n) is 4.00. The number of rotatable bonds is 5. The standard InChI is InChI=1S/C18H16N2O6S/c1-19(2)27(24,25)13-9-7-12(8-10-13)11-16(21)26-20-17(22)14-5-3-4-6-15(14)18(20)23/h3-10H,11H2,1-2H3. The maximum absolute atomic E-state index is 12.2. The zero-order valence-corrected chi connectivity index (χ0v) is 15.4. The lowest BCUT2D eigenvalue weighted by Gasteiger charge is -2.13. The molecule has 0 spiro atoms. The molecule has 0 saturated carbocycles. The smallest absolute Gasteiger partial charge is 0.329 e. The van der Waals surface area contributed by atoms with Gasteiger partial charge in [-0.3, -0.25) is 9.59 Å². The number of amides is 2. The second kappa shape index (κ2) is 6.93. The van der Waals surface area contributed by atoms with Gasteiger partial charge in [0.15, 0.2) is 0 Å². The SMILES string of the molecule is CN(C)S(=O)(=O)c1ccc(CC(=O)ON2C(=O)c3ccccc3C2=O)cc1. The summed E-state index contributed by atoms with van der Waals surface area (Å²) < 4.78 is 25.1. The van der Waals surface area contributed by atoms with Crippen molar-refractivity contribution in [1.29, 1.82) is 0 Å². The van der Waals surface area contributed by atoms with E-state index in [0.717, 1.165) is 4.31 Å². The van der Waals surface area contributed by atoms with E-state index < -0.39 is 27.8 Å². The number of nitrogens with zero attached hydrogens (tertiary/aromatic N) is 2. The predicted molar refractivity (Wildman–Crippen MR) is 94.1 cm³/mol. The van der Waals surface area contributed by atoms with Crippen LogP contribution in [0.25, 0.3) is 0 Å². The molecule has 0 bridgehead atoms. The summed E-state index contributed by atoms with van der Waals surface area (Å²) in [6, 6.07) is 11.9. The van der Waals surface area contributed by atoms with E-state index in [1.165, 1.54) is 50.5 Å². The van der Waals surface area contributed by atoms with Crippen molar-refractivity contribution >= 4 is 27.8 Å². The molecular weight excluding hydrogens is 372 g/mol. The molecular formula is C18H16N2O6S. The lowest BCUT2D eigenvalue weighted by molar-refractivity contribution is -0.167. The molecule has 2 amide bonds. The van der Waals surface area contributed by atoms with Gasteiger partial charge in [0.25, 0.3) is 11.8 Å². The Morgan fingerprint density at radius 3 is 1.96 bits per heavy atom. The van der Waals surface area contributed by atoms with Crippen molar-refractivity contribution in [2.75, 3.05) is 14.1 Å². The van der Waals surface area contributed by atoms with E-state index in [4.69, 9.17) is 4.84 Å². The van der Waals surface area contributed by atoms with Gasteiger partial charge >= 0.3 is 5.97 Å². The van der Waals surface area contributed by atoms with Crippen molar-refractivity contribution in [3.8, 4) is 0 Å². The third kappa shape index (κ3) is 3.46. The van der Waals surface area contributed by atoms with E-state index in [0.29, 0.717) is 10.6 Å². The van der Waals surface area contributed by atoms with Crippen molar-refractivity contribution in [2.24, 2.45) is 0 Å². The first kappa shape index (κ1) is 18.7. The van der Waals surface area contributed by atoms with Crippen molar-refractivity contribution < 1.29 is 27.6 Å². The van der Waals surface area contributed by atoms with Crippen molar-refractivity contribution in [2.45, 2.75) is 11.3 Å². The highest BCUT2D eigenvalue weighted by Gasteiger charge is 2.38. The molecule has 0 aromatic heterocycles. The van der Waals surface area contributed by atoms with Crippen LogP contribution in [0, 0.1) is 0 Å². The number of benzene rings is 2. The van der Waals surface area contributed by atoms with Gasteiger partial charge in [-0.25, -0.2) is 17.5 Å². The molecule has 27 heavy (non-hydrogen) atoms. The number of hydrogen-bond donors (Lipinski definition) is 0. The molecule has 9 heteroatoms. The summed E-state index contributed by atoms with van der Waals surface area (Å²) in [5.41, 5.74) is 0.830. The van der Waals surface area contributed by atoms with Gasteiger partial charge in [-0.15, -0.1) is 0 Å². The third-order valence-corrected chi connectivity index (χ3v) is 5.83. The minimum Gasteiger partial charge on any atom is -0.329 e. The molecule has 0 N–H and O–H groups in total. The molecule has 0 aliphatic carbocycles. The van der Waals surface area contributed by atoms with Crippen LogP contribution in [0.2, 0.25) is 0 Å². The summed E-state index contributed by atoms with van der Waals surface area (Å²) in [5, 5.41) is 0.442. The first-order valence-electron chi connectivity index (χ1n) is 7.92. The Morgan fingerprint density at radius 2 is 1.48 bits per heavy atom. The zero-order valence-electron chi connectivity index (χ0n) is 14.6. The molecule has 0 fully saturated rings. The lowest BCUT2D eigenvalue weighted by atomic mass is 10.1. The molecule has 3 rings (SSSR count). The van der Waals surface area contributed by atoms with E-state index in [-0.39, 0.29) is 22.4 Å². The molecule has 0 unspecified atom stereocenters. The summed E-state index contributed by atoms with van der Waals surface area (Å²) in [6.07, 6.45) is -0.226. The predicted octanol–water partition coefficient (Wildman–Crippen LogP) is 1.23. The van der Waals surface area contributed by atoms with Crippen LogP contribution in [0.15, 0.2) is 53.4 Å². The van der Waals surface area contributed by atoms with Crippen LogP contribution in [0.5, 0.6) is 0 Å². The topological polar surface area (TPSA) is 101 Å². The Kier molecular flexibility index (Phi) is 4.81. The van der Waals surface area contributed by atoms with Gasteiger partial charge in [-0.1, -0.05) is 29.3 Å². The molecule has 140 valence electrons. The highest BCUT2D eigenvalue weighted by atomic mass is 32.2. The molecule has 0 atom stereocenters. The summed E-state index contributed by atoms with van der Waals surface area (Å²) in [6.45, 7) is 0. The normalized spacial score (nSPS) is 13.8. The monoisotopic (exact) mass is 388 g/mol. The second-order valence-corrected chi connectivity index (χ2v) is 8.17. The summed E-state index contributed by atoms with van der Waals surface area (Å²) in [5.74, 6) is -2.21. The molecule has 1 heterocycles. The Bertz CT molecular complexity index is 993. The Hall–Kier alpha value is -3.04. The molecule has 0 saturated heterocycles. The first-order chi connectivity index (χ1) is 12.7. The highest BCUT2D eigenvalue weighted by molar-refractivity contribution is 7.89. The fraction of sp³-hybridized carbons (Fsp3) is 0.167. The summed E-state index contributed by atoms with van der Waals surface area (Å²) in [4.78, 5) is 41.5. The van der Waals surface area contributed by atoms with E-state index in [9.17, 15) is 22.8 Å². The van der Waals surface area contributed by atoms with Crippen LogP contribution in [0.3, 0.4) is 0 Å². The minimum atomic E-state index is -3.57. The van der Waals surface area contributed by atoms with Crippen LogP contribution in [-0.2, 0) is 26.1 Å². The van der Waals surface area contributed by atoms with Crippen LogP contribution >= 0.6 is 0 Å². The summed E-state index contributed by atoms with van der Waals surface area (Å²) >= 11 is 0. The molecule has 1 aliphatic heterocycles. The van der Waals surface area contributed by atoms with Crippen LogP contribution < -0.4 is 0 Å². The Balaban J connectivity index is 1.69. The number of hydrogen-bond acceptors (Lipinski definition) is 6. The van der Waals surface area contributed by atoms with Crippen molar-refractivity contribution in [1.82, 2.24) is 9.37 Å². The average molecular weight is 388 g/mol. The summed E-state index contributed by atoms with van der Waals surface area (Å²) in [7, 11) is -0.728. The molecule has 2 aromatic carbocycles. The van der Waals surface area contributed by atoms with Gasteiger partial charge in [0.05, 0.1) is 22.4 Å². The van der Waals surface area contributed by atoms with Crippen LogP contribution in [0.4, 0.5) is 0 Å². The number of carbonyl (C=O) groups is 3. The van der Waals surface area contributed by atoms with Gasteiger partial charge in [0.1, 0.15) is 0 Å². The minimum absolute atomic E-state index is 0.0879. The Labute approximate surface area is 156 Å². The maximum Gasteiger partial charge on any atom is 0.337 e. The molecule has 0 radical (unpaired) electrons. The van der Waals surface area contributed by atoms with Crippen LogP contribution in [0.1, 0.15) is 26.3 Å². The second-order valence-electron chi connectivity index (χ2n) is 6.02. The number of carbonyl (C=O) groups excluding carboxylic acids is 3. The van der Waals surface area contributed by atoms with Gasteiger partial charge in [0.2, 0.25) is 10.0 Å². The highest BCUT2D eigenvalue weighted by Crippen LogP contribution is 2.23. The van der Waals surface area contributed by atoms with E-state index in [1.54, 1.807) is 12.1 Å². The quantitative estimate of drug-likeness (QED) is 0.714. The fourth-order valence-electron chi connectivity index (χ4n) is 2.54. The largest absolute Gasteiger partial charge is 0.337 e. The first-order valence-corrected chi connectivity index (χ1v) is 9.36. The van der Waals surface area contributed by atoms with Gasteiger partial charge < -0.3 is 4.84 Å². The number of hydroxylamine groups is 2. The van der Waals surface area contributed by atoms with Crippen LogP contribution in [-0.4, -0.2) is 49.7 Å². The zero-order chi connectivity index (χ0) is 19.8. The van der Waals surface area contributed by atoms with Gasteiger partial charge in [-0.05, 0) is 29.8 Å². The number of imide groups is 1. The number of sulfonamides is 1. The number of fused-ring (bicyclic) bond motifs is 1. The maximum atomic E-state index is 12.2. The molecule has 1 aliphatic rings.